The number of benzene rings is 1. The molecule has 120 valence electrons. The summed E-state index contributed by atoms with van der Waals surface area (Å²) in [5.74, 6) is 0.0396. The minimum Gasteiger partial charge on any atom is -0.354 e. The van der Waals surface area contributed by atoms with E-state index in [1.807, 2.05) is 32.0 Å². The van der Waals surface area contributed by atoms with Gasteiger partial charge >= 0.3 is 0 Å². The molecule has 1 aromatic carbocycles. The van der Waals surface area contributed by atoms with Gasteiger partial charge < -0.3 is 10.6 Å². The van der Waals surface area contributed by atoms with Crippen molar-refractivity contribution < 1.29 is 9.59 Å². The predicted octanol–water partition coefficient (Wildman–Crippen LogP) is 1.84. The standard InChI is InChI=1S/C17H25N3O2/c1-12-5-4-6-16(13(12)2)19-17(22)11-20-9-7-15(8-10-20)18-14(3)21/h4-6,15H,7-11H2,1-3H3,(H,18,21)(H,19,22). The number of piperidine rings is 1. The fraction of sp³-hybridized carbons (Fsp3) is 0.529. The second-order valence-corrected chi connectivity index (χ2v) is 6.05. The van der Waals surface area contributed by atoms with Crippen LogP contribution in [0, 0.1) is 13.8 Å². The zero-order valence-electron chi connectivity index (χ0n) is 13.6. The Balaban J connectivity index is 1.81. The molecule has 0 spiro atoms. The summed E-state index contributed by atoms with van der Waals surface area (Å²) >= 11 is 0. The molecule has 0 aromatic heterocycles. The van der Waals surface area contributed by atoms with Crippen LogP contribution in [0.15, 0.2) is 18.2 Å². The van der Waals surface area contributed by atoms with Crippen molar-refractivity contribution in [1.82, 2.24) is 10.2 Å². The van der Waals surface area contributed by atoms with E-state index in [-0.39, 0.29) is 17.9 Å². The zero-order valence-corrected chi connectivity index (χ0v) is 13.6. The second kappa shape index (κ2) is 7.40. The number of hydrogen-bond acceptors (Lipinski definition) is 3. The van der Waals surface area contributed by atoms with Crippen LogP contribution in [0.2, 0.25) is 0 Å². The summed E-state index contributed by atoms with van der Waals surface area (Å²) in [5, 5.41) is 5.93. The van der Waals surface area contributed by atoms with E-state index in [1.165, 1.54) is 5.56 Å². The Morgan fingerprint density at radius 3 is 2.55 bits per heavy atom. The van der Waals surface area contributed by atoms with Crippen molar-refractivity contribution in [3.05, 3.63) is 29.3 Å². The first-order valence-electron chi connectivity index (χ1n) is 7.81. The van der Waals surface area contributed by atoms with Crippen molar-refractivity contribution in [3.8, 4) is 0 Å². The number of nitrogens with one attached hydrogen (secondary N) is 2. The lowest BCUT2D eigenvalue weighted by molar-refractivity contribution is -0.121. The quantitative estimate of drug-likeness (QED) is 0.892. The molecule has 0 aliphatic carbocycles. The lowest BCUT2D eigenvalue weighted by Crippen LogP contribution is -2.46. The molecule has 0 radical (unpaired) electrons. The highest BCUT2D eigenvalue weighted by molar-refractivity contribution is 5.93. The number of nitrogens with zero attached hydrogens (tertiary/aromatic N) is 1. The number of carbonyl (C=O) groups is 2. The van der Waals surface area contributed by atoms with Crippen LogP contribution in [0.5, 0.6) is 0 Å². The first-order valence-corrected chi connectivity index (χ1v) is 7.81. The Morgan fingerprint density at radius 1 is 1.23 bits per heavy atom. The van der Waals surface area contributed by atoms with Gasteiger partial charge in [0.2, 0.25) is 11.8 Å². The van der Waals surface area contributed by atoms with E-state index in [2.05, 4.69) is 15.5 Å². The Morgan fingerprint density at radius 2 is 1.91 bits per heavy atom. The molecule has 1 saturated heterocycles. The van der Waals surface area contributed by atoms with E-state index in [0.29, 0.717) is 6.54 Å². The van der Waals surface area contributed by atoms with Gasteiger partial charge in [-0.3, -0.25) is 14.5 Å². The number of amides is 2. The third kappa shape index (κ3) is 4.56. The summed E-state index contributed by atoms with van der Waals surface area (Å²) in [6.45, 7) is 7.68. The number of rotatable bonds is 4. The molecule has 0 atom stereocenters. The van der Waals surface area contributed by atoms with E-state index in [0.717, 1.165) is 37.2 Å². The van der Waals surface area contributed by atoms with Crippen LogP contribution in [0.3, 0.4) is 0 Å². The molecular formula is C17H25N3O2. The van der Waals surface area contributed by atoms with Gasteiger partial charge in [0.15, 0.2) is 0 Å². The smallest absolute Gasteiger partial charge is 0.238 e. The van der Waals surface area contributed by atoms with Crippen LogP contribution in [-0.4, -0.2) is 42.4 Å². The van der Waals surface area contributed by atoms with Crippen LogP contribution < -0.4 is 10.6 Å². The summed E-state index contributed by atoms with van der Waals surface area (Å²) < 4.78 is 0. The highest BCUT2D eigenvalue weighted by Crippen LogP contribution is 2.18. The number of aryl methyl sites for hydroxylation is 1. The fourth-order valence-corrected chi connectivity index (χ4v) is 2.80. The monoisotopic (exact) mass is 303 g/mol. The Bertz CT molecular complexity index is 549. The van der Waals surface area contributed by atoms with E-state index < -0.39 is 0 Å². The molecule has 1 aliphatic heterocycles. The first-order chi connectivity index (χ1) is 10.5. The van der Waals surface area contributed by atoms with Crippen LogP contribution in [0.25, 0.3) is 0 Å². The third-order valence-electron chi connectivity index (χ3n) is 4.24. The SMILES string of the molecule is CC(=O)NC1CCN(CC(=O)Nc2cccc(C)c2C)CC1. The van der Waals surface area contributed by atoms with Gasteiger partial charge in [0.05, 0.1) is 6.54 Å². The first kappa shape index (κ1) is 16.5. The Kier molecular flexibility index (Phi) is 5.55. The van der Waals surface area contributed by atoms with Gasteiger partial charge in [0.1, 0.15) is 0 Å². The van der Waals surface area contributed by atoms with E-state index >= 15 is 0 Å². The van der Waals surface area contributed by atoms with Crippen LogP contribution >= 0.6 is 0 Å². The average molecular weight is 303 g/mol. The highest BCUT2D eigenvalue weighted by Gasteiger charge is 2.21. The maximum absolute atomic E-state index is 12.2. The van der Waals surface area contributed by atoms with Gasteiger partial charge in [-0.15, -0.1) is 0 Å². The van der Waals surface area contributed by atoms with E-state index in [4.69, 9.17) is 0 Å². The molecule has 5 heteroatoms. The van der Waals surface area contributed by atoms with Crippen LogP contribution in [0.4, 0.5) is 5.69 Å². The van der Waals surface area contributed by atoms with E-state index in [1.54, 1.807) is 6.92 Å². The third-order valence-corrected chi connectivity index (χ3v) is 4.24. The maximum atomic E-state index is 12.2. The summed E-state index contributed by atoms with van der Waals surface area (Å²) in [6, 6.07) is 6.17. The molecule has 2 N–H and O–H groups in total. The molecule has 1 aromatic rings. The number of carbonyl (C=O) groups excluding carboxylic acids is 2. The zero-order chi connectivity index (χ0) is 16.1. The van der Waals surface area contributed by atoms with Crippen molar-refractivity contribution >= 4 is 17.5 Å². The molecule has 0 unspecified atom stereocenters. The molecule has 0 saturated carbocycles. The van der Waals surface area contributed by atoms with Gasteiger partial charge in [0, 0.05) is 31.7 Å². The summed E-state index contributed by atoms with van der Waals surface area (Å²) in [5.41, 5.74) is 3.17. The van der Waals surface area contributed by atoms with Crippen molar-refractivity contribution in [2.45, 2.75) is 39.7 Å². The predicted molar refractivity (Wildman–Crippen MR) is 87.8 cm³/mol. The lowest BCUT2D eigenvalue weighted by Gasteiger charge is -2.31. The number of likely N-dealkylation sites (tertiary alicyclic amines) is 1. The lowest BCUT2D eigenvalue weighted by atomic mass is 10.0. The van der Waals surface area contributed by atoms with Crippen LogP contribution in [0.1, 0.15) is 30.9 Å². The Hall–Kier alpha value is -1.88. The molecule has 2 rings (SSSR count). The number of hydrogen-bond donors (Lipinski definition) is 2. The van der Waals surface area contributed by atoms with Crippen molar-refractivity contribution in [2.24, 2.45) is 0 Å². The van der Waals surface area contributed by atoms with Crippen molar-refractivity contribution in [1.29, 1.82) is 0 Å². The highest BCUT2D eigenvalue weighted by atomic mass is 16.2. The van der Waals surface area contributed by atoms with Crippen molar-refractivity contribution in [2.75, 3.05) is 25.0 Å². The maximum Gasteiger partial charge on any atom is 0.238 e. The van der Waals surface area contributed by atoms with Crippen LogP contribution in [-0.2, 0) is 9.59 Å². The van der Waals surface area contributed by atoms with Gasteiger partial charge in [-0.25, -0.2) is 0 Å². The molecule has 1 aliphatic rings. The second-order valence-electron chi connectivity index (χ2n) is 6.05. The molecule has 1 fully saturated rings. The summed E-state index contributed by atoms with van der Waals surface area (Å²) in [4.78, 5) is 25.4. The molecule has 5 nitrogen and oxygen atoms in total. The fourth-order valence-electron chi connectivity index (χ4n) is 2.80. The van der Waals surface area contributed by atoms with Gasteiger partial charge in [-0.2, -0.15) is 0 Å². The minimum absolute atomic E-state index is 0.0196. The van der Waals surface area contributed by atoms with Gasteiger partial charge in [-0.1, -0.05) is 12.1 Å². The average Bonchev–Trinajstić information content (AvgIpc) is 2.45. The molecule has 0 bridgehead atoms. The molecule has 1 heterocycles. The van der Waals surface area contributed by atoms with E-state index in [9.17, 15) is 9.59 Å². The van der Waals surface area contributed by atoms with Gasteiger partial charge in [-0.05, 0) is 43.9 Å². The molecule has 2 amide bonds. The Labute approximate surface area is 132 Å². The normalized spacial score (nSPS) is 16.3. The molecular weight excluding hydrogens is 278 g/mol. The largest absolute Gasteiger partial charge is 0.354 e. The summed E-state index contributed by atoms with van der Waals surface area (Å²) in [7, 11) is 0. The summed E-state index contributed by atoms with van der Waals surface area (Å²) in [6.07, 6.45) is 1.80. The number of anilines is 1. The van der Waals surface area contributed by atoms with Gasteiger partial charge in [0.25, 0.3) is 0 Å². The van der Waals surface area contributed by atoms with Crippen molar-refractivity contribution in [3.63, 3.8) is 0 Å². The minimum atomic E-state index is 0.0196. The topological polar surface area (TPSA) is 61.4 Å². The molecule has 22 heavy (non-hydrogen) atoms.